The molecule has 0 spiro atoms. The van der Waals surface area contributed by atoms with Crippen LogP contribution in [0.15, 0.2) is 34.7 Å². The van der Waals surface area contributed by atoms with Gasteiger partial charge in [0.2, 0.25) is 0 Å². The smallest absolute Gasteiger partial charge is 0.251 e. The second-order valence-corrected chi connectivity index (χ2v) is 5.12. The summed E-state index contributed by atoms with van der Waals surface area (Å²) >= 11 is 0. The van der Waals surface area contributed by atoms with Crippen LogP contribution in [-0.2, 0) is 0 Å². The number of aliphatic hydroxyl groups is 1. The maximum atomic E-state index is 12.0. The highest BCUT2D eigenvalue weighted by molar-refractivity contribution is 5.94. The van der Waals surface area contributed by atoms with Gasteiger partial charge in [-0.2, -0.15) is 5.26 Å². The van der Waals surface area contributed by atoms with Gasteiger partial charge in [-0.05, 0) is 44.5 Å². The molecule has 0 saturated carbocycles. The van der Waals surface area contributed by atoms with E-state index >= 15 is 0 Å². The van der Waals surface area contributed by atoms with Gasteiger partial charge in [0.05, 0.1) is 17.7 Å². The highest BCUT2D eigenvalue weighted by Crippen LogP contribution is 2.23. The van der Waals surface area contributed by atoms with Crippen LogP contribution in [0.1, 0.15) is 45.5 Å². The van der Waals surface area contributed by atoms with Gasteiger partial charge < -0.3 is 14.8 Å². The van der Waals surface area contributed by atoms with Crippen LogP contribution in [0.2, 0.25) is 0 Å². The summed E-state index contributed by atoms with van der Waals surface area (Å²) in [6, 6.07) is 10.3. The molecule has 0 aliphatic rings. The van der Waals surface area contributed by atoms with Crippen LogP contribution in [0.25, 0.3) is 0 Å². The van der Waals surface area contributed by atoms with Crippen molar-refractivity contribution in [3.63, 3.8) is 0 Å². The predicted molar refractivity (Wildman–Crippen MR) is 81.2 cm³/mol. The number of carbonyl (C=O) groups is 1. The lowest BCUT2D eigenvalue weighted by atomic mass is 10.1. The molecule has 1 amide bonds. The van der Waals surface area contributed by atoms with Gasteiger partial charge in [0, 0.05) is 17.7 Å². The van der Waals surface area contributed by atoms with Gasteiger partial charge in [-0.25, -0.2) is 0 Å². The molecule has 5 heteroatoms. The maximum absolute atomic E-state index is 12.0. The molecule has 22 heavy (non-hydrogen) atoms. The lowest BCUT2D eigenvalue weighted by Crippen LogP contribution is -2.25. The van der Waals surface area contributed by atoms with Crippen molar-refractivity contribution < 1.29 is 14.3 Å². The minimum Gasteiger partial charge on any atom is -0.466 e. The Kier molecular flexibility index (Phi) is 4.97. The summed E-state index contributed by atoms with van der Waals surface area (Å²) in [5.41, 5.74) is 1.62. The number of nitrogens with zero attached hydrogens (tertiary/aromatic N) is 1. The predicted octanol–water partition coefficient (Wildman–Crippen LogP) is 2.62. The third-order valence-corrected chi connectivity index (χ3v) is 3.40. The van der Waals surface area contributed by atoms with Gasteiger partial charge >= 0.3 is 0 Å². The van der Waals surface area contributed by atoms with E-state index in [0.29, 0.717) is 29.9 Å². The number of aryl methyl sites for hydroxylation is 2. The molecule has 1 atom stereocenters. The van der Waals surface area contributed by atoms with Gasteiger partial charge in [-0.3, -0.25) is 4.79 Å². The number of hydrogen-bond acceptors (Lipinski definition) is 4. The highest BCUT2D eigenvalue weighted by atomic mass is 16.3. The molecule has 1 aromatic carbocycles. The number of nitriles is 1. The molecule has 2 N–H and O–H groups in total. The van der Waals surface area contributed by atoms with E-state index in [9.17, 15) is 9.90 Å². The third kappa shape index (κ3) is 3.74. The number of amides is 1. The second kappa shape index (κ2) is 6.92. The monoisotopic (exact) mass is 298 g/mol. The summed E-state index contributed by atoms with van der Waals surface area (Å²) in [6.07, 6.45) is -0.285. The average Bonchev–Trinajstić information content (AvgIpc) is 2.85. The Hall–Kier alpha value is -2.58. The first-order valence-electron chi connectivity index (χ1n) is 7.04. The minimum absolute atomic E-state index is 0.260. The van der Waals surface area contributed by atoms with Crippen LogP contribution in [0.4, 0.5) is 0 Å². The largest absolute Gasteiger partial charge is 0.466 e. The van der Waals surface area contributed by atoms with E-state index in [1.807, 2.05) is 13.0 Å². The van der Waals surface area contributed by atoms with E-state index < -0.39 is 6.10 Å². The van der Waals surface area contributed by atoms with E-state index in [1.54, 1.807) is 31.2 Å². The summed E-state index contributed by atoms with van der Waals surface area (Å²) in [5, 5.41) is 21.7. The van der Waals surface area contributed by atoms with Crippen molar-refractivity contribution in [1.29, 1.82) is 5.26 Å². The summed E-state index contributed by atoms with van der Waals surface area (Å²) in [6.45, 7) is 3.96. The Labute approximate surface area is 129 Å². The molecule has 0 aliphatic heterocycles. The molecule has 5 nitrogen and oxygen atoms in total. The number of carbonyl (C=O) groups excluding carboxylic acids is 1. The van der Waals surface area contributed by atoms with Gasteiger partial charge in [-0.1, -0.05) is 6.07 Å². The lowest BCUT2D eigenvalue weighted by Gasteiger charge is -2.10. The van der Waals surface area contributed by atoms with Crippen LogP contribution < -0.4 is 5.32 Å². The molecular weight excluding hydrogens is 280 g/mol. The number of aliphatic hydroxyl groups excluding tert-OH is 1. The fraction of sp³-hybridized carbons (Fsp3) is 0.294. The molecule has 0 unspecified atom stereocenters. The highest BCUT2D eigenvalue weighted by Gasteiger charge is 2.15. The molecule has 0 bridgehead atoms. The summed E-state index contributed by atoms with van der Waals surface area (Å²) in [4.78, 5) is 12.0. The van der Waals surface area contributed by atoms with E-state index in [0.717, 1.165) is 11.3 Å². The molecule has 1 heterocycles. The van der Waals surface area contributed by atoms with Crippen molar-refractivity contribution in [2.45, 2.75) is 26.4 Å². The molecule has 1 aromatic heterocycles. The second-order valence-electron chi connectivity index (χ2n) is 5.12. The zero-order chi connectivity index (χ0) is 16.1. The normalized spacial score (nSPS) is 11.7. The first-order chi connectivity index (χ1) is 10.5. The maximum Gasteiger partial charge on any atom is 0.251 e. The van der Waals surface area contributed by atoms with Gasteiger partial charge in [0.15, 0.2) is 0 Å². The molecule has 2 aromatic rings. The van der Waals surface area contributed by atoms with Crippen molar-refractivity contribution in [3.05, 3.63) is 58.5 Å². The van der Waals surface area contributed by atoms with Crippen molar-refractivity contribution in [2.24, 2.45) is 0 Å². The van der Waals surface area contributed by atoms with Gasteiger partial charge in [0.1, 0.15) is 11.5 Å². The number of rotatable bonds is 5. The Balaban J connectivity index is 1.89. The van der Waals surface area contributed by atoms with E-state index in [4.69, 9.17) is 9.68 Å². The number of furan rings is 1. The molecule has 0 radical (unpaired) electrons. The third-order valence-electron chi connectivity index (χ3n) is 3.40. The quantitative estimate of drug-likeness (QED) is 0.888. The minimum atomic E-state index is -0.678. The van der Waals surface area contributed by atoms with E-state index in [1.165, 1.54) is 6.07 Å². The first kappa shape index (κ1) is 15.8. The zero-order valence-corrected chi connectivity index (χ0v) is 12.6. The molecule has 0 aliphatic carbocycles. The van der Waals surface area contributed by atoms with Crippen molar-refractivity contribution in [2.75, 3.05) is 6.54 Å². The summed E-state index contributed by atoms with van der Waals surface area (Å²) in [7, 11) is 0. The van der Waals surface area contributed by atoms with E-state index in [-0.39, 0.29) is 5.91 Å². The van der Waals surface area contributed by atoms with Gasteiger partial charge in [0.25, 0.3) is 5.91 Å². The van der Waals surface area contributed by atoms with E-state index in [2.05, 4.69) is 5.32 Å². The fourth-order valence-electron chi connectivity index (χ4n) is 2.29. The van der Waals surface area contributed by atoms with Crippen molar-refractivity contribution in [3.8, 4) is 6.07 Å². The molecule has 2 rings (SSSR count). The SMILES string of the molecule is Cc1cc([C@@H](O)CCNC(=O)c2cccc(C#N)c2)c(C)o1. The van der Waals surface area contributed by atoms with Crippen LogP contribution in [0.5, 0.6) is 0 Å². The van der Waals surface area contributed by atoms with Crippen LogP contribution >= 0.6 is 0 Å². The molecule has 0 fully saturated rings. The van der Waals surface area contributed by atoms with Crippen molar-refractivity contribution >= 4 is 5.91 Å². The Morgan fingerprint density at radius 1 is 1.41 bits per heavy atom. The van der Waals surface area contributed by atoms with Crippen LogP contribution in [-0.4, -0.2) is 17.6 Å². The Bertz CT molecular complexity index is 713. The first-order valence-corrected chi connectivity index (χ1v) is 7.04. The van der Waals surface area contributed by atoms with Crippen LogP contribution in [0.3, 0.4) is 0 Å². The topological polar surface area (TPSA) is 86.3 Å². The Morgan fingerprint density at radius 3 is 2.82 bits per heavy atom. The molecular formula is C17H18N2O3. The van der Waals surface area contributed by atoms with Gasteiger partial charge in [-0.15, -0.1) is 0 Å². The average molecular weight is 298 g/mol. The molecule has 114 valence electrons. The fourth-order valence-corrected chi connectivity index (χ4v) is 2.29. The standard InChI is InChI=1S/C17H18N2O3/c1-11-8-15(12(2)22-11)16(20)6-7-19-17(21)14-5-3-4-13(9-14)10-18/h3-5,8-9,16,20H,6-7H2,1-2H3,(H,19,21)/t16-/m0/s1. The van der Waals surface area contributed by atoms with Crippen LogP contribution in [0, 0.1) is 25.2 Å². The summed E-state index contributed by atoms with van der Waals surface area (Å²) < 4.78 is 5.38. The summed E-state index contributed by atoms with van der Waals surface area (Å²) in [5.74, 6) is 1.19. The van der Waals surface area contributed by atoms with Crippen molar-refractivity contribution in [1.82, 2.24) is 5.32 Å². The zero-order valence-electron chi connectivity index (χ0n) is 12.6. The molecule has 0 saturated heterocycles. The Morgan fingerprint density at radius 2 is 2.18 bits per heavy atom. The number of hydrogen-bond donors (Lipinski definition) is 2. The number of nitrogens with one attached hydrogen (secondary N) is 1. The lowest BCUT2D eigenvalue weighted by molar-refractivity contribution is 0.0942. The number of benzene rings is 1.